The maximum Gasteiger partial charge on any atom is 0.235 e. The maximum atomic E-state index is 10.7. The third-order valence-electron chi connectivity index (χ3n) is 1.27. The summed E-state index contributed by atoms with van der Waals surface area (Å²) >= 11 is 0. The molecule has 1 heterocycles. The molecule has 9 heavy (non-hydrogen) atoms. The summed E-state index contributed by atoms with van der Waals surface area (Å²) in [5.74, 6) is 0.0104. The molecule has 3 N–H and O–H groups in total. The zero-order chi connectivity index (χ0) is 6.85. The second-order valence-electron chi connectivity index (χ2n) is 2.38. The van der Waals surface area contributed by atoms with Crippen LogP contribution < -0.4 is 11.2 Å². The highest BCUT2D eigenvalue weighted by Crippen LogP contribution is 1.96. The lowest BCUT2D eigenvalue weighted by Crippen LogP contribution is -2.52. The van der Waals surface area contributed by atoms with Crippen molar-refractivity contribution in [3.63, 3.8) is 0 Å². The molecule has 1 fully saturated rings. The molecule has 0 bridgehead atoms. The quantitative estimate of drug-likeness (QED) is 0.426. The normalized spacial score (nSPS) is 30.0. The van der Waals surface area contributed by atoms with Gasteiger partial charge >= 0.3 is 0 Å². The first-order valence-electron chi connectivity index (χ1n) is 2.94. The van der Waals surface area contributed by atoms with Gasteiger partial charge < -0.3 is 5.73 Å². The molecule has 1 saturated heterocycles. The molecule has 1 aliphatic rings. The van der Waals surface area contributed by atoms with Gasteiger partial charge in [-0.15, -0.1) is 0 Å². The van der Waals surface area contributed by atoms with E-state index in [0.717, 1.165) is 6.54 Å². The summed E-state index contributed by atoms with van der Waals surface area (Å²) < 4.78 is 0. The van der Waals surface area contributed by atoms with Gasteiger partial charge in [-0.2, -0.15) is 0 Å². The van der Waals surface area contributed by atoms with E-state index >= 15 is 0 Å². The molecule has 0 spiro atoms. The minimum Gasteiger partial charge on any atom is -0.326 e. The molecule has 4 heteroatoms. The van der Waals surface area contributed by atoms with Gasteiger partial charge in [-0.1, -0.05) is 0 Å². The zero-order valence-corrected chi connectivity index (χ0v) is 5.42. The Kier molecular flexibility index (Phi) is 1.68. The third kappa shape index (κ3) is 1.65. The molecule has 0 aromatic carbocycles. The van der Waals surface area contributed by atoms with Crippen molar-refractivity contribution in [3.8, 4) is 0 Å². The van der Waals surface area contributed by atoms with Crippen LogP contribution in [0.3, 0.4) is 0 Å². The van der Waals surface area contributed by atoms with Crippen molar-refractivity contribution in [3.05, 3.63) is 0 Å². The van der Waals surface area contributed by atoms with E-state index in [4.69, 9.17) is 5.73 Å². The topological polar surface area (TPSA) is 58.4 Å². The number of nitrogens with two attached hydrogens (primary N) is 1. The van der Waals surface area contributed by atoms with Crippen LogP contribution >= 0.6 is 0 Å². The number of hydrogen-bond acceptors (Lipinski definition) is 3. The Bertz CT molecular complexity index is 113. The lowest BCUT2D eigenvalue weighted by molar-refractivity contribution is -0.128. The minimum atomic E-state index is 0.00347. The second-order valence-corrected chi connectivity index (χ2v) is 2.38. The first kappa shape index (κ1) is 6.51. The van der Waals surface area contributed by atoms with E-state index in [0.29, 0.717) is 6.42 Å². The highest BCUT2D eigenvalue weighted by Gasteiger charge is 2.18. The molecule has 0 aromatic heterocycles. The predicted octanol–water partition coefficient (Wildman–Crippen LogP) is -1.32. The largest absolute Gasteiger partial charge is 0.326 e. The molecule has 0 aliphatic carbocycles. The van der Waals surface area contributed by atoms with Crippen LogP contribution in [0.1, 0.15) is 6.42 Å². The van der Waals surface area contributed by atoms with Gasteiger partial charge in [-0.3, -0.25) is 10.2 Å². The Morgan fingerprint density at radius 3 is 3.00 bits per heavy atom. The summed E-state index contributed by atoms with van der Waals surface area (Å²) in [4.78, 5) is 10.7. The Labute approximate surface area is 54.0 Å². The maximum absolute atomic E-state index is 10.7. The molecule has 1 unspecified atom stereocenters. The van der Waals surface area contributed by atoms with Gasteiger partial charge in [0.05, 0.1) is 0 Å². The Hall–Kier alpha value is -0.610. The predicted molar refractivity (Wildman–Crippen MR) is 33.4 cm³/mol. The first-order valence-corrected chi connectivity index (χ1v) is 2.94. The summed E-state index contributed by atoms with van der Waals surface area (Å²) in [5.41, 5.74) is 8.14. The zero-order valence-electron chi connectivity index (χ0n) is 5.42. The molecule has 1 aliphatic heterocycles. The van der Waals surface area contributed by atoms with E-state index in [9.17, 15) is 4.79 Å². The van der Waals surface area contributed by atoms with Gasteiger partial charge in [-0.05, 0) is 0 Å². The molecular weight excluding hydrogens is 118 g/mol. The van der Waals surface area contributed by atoms with E-state index < -0.39 is 0 Å². The monoisotopic (exact) mass is 129 g/mol. The fourth-order valence-corrected chi connectivity index (χ4v) is 0.959. The van der Waals surface area contributed by atoms with Gasteiger partial charge in [-0.25, -0.2) is 5.01 Å². The number of carbonyl (C=O) groups is 1. The summed E-state index contributed by atoms with van der Waals surface area (Å²) in [6, 6.07) is 0.00347. The van der Waals surface area contributed by atoms with Gasteiger partial charge in [0.1, 0.15) is 0 Å². The van der Waals surface area contributed by atoms with Crippen molar-refractivity contribution in [1.29, 1.82) is 0 Å². The number of nitrogens with one attached hydrogen (secondary N) is 1. The van der Waals surface area contributed by atoms with Crippen LogP contribution in [0.2, 0.25) is 0 Å². The number of nitrogens with zero attached hydrogens (tertiary/aromatic N) is 1. The molecule has 4 nitrogen and oxygen atoms in total. The minimum absolute atomic E-state index is 0.00347. The molecule has 1 amide bonds. The van der Waals surface area contributed by atoms with Crippen molar-refractivity contribution in [1.82, 2.24) is 10.4 Å². The summed E-state index contributed by atoms with van der Waals surface area (Å²) in [6.07, 6.45) is 0.449. The highest BCUT2D eigenvalue weighted by molar-refractivity contribution is 5.76. The van der Waals surface area contributed by atoms with Gasteiger partial charge in [0.2, 0.25) is 5.91 Å². The van der Waals surface area contributed by atoms with Crippen molar-refractivity contribution < 1.29 is 4.79 Å². The van der Waals surface area contributed by atoms with Gasteiger partial charge in [0.15, 0.2) is 0 Å². The fourth-order valence-electron chi connectivity index (χ4n) is 0.959. The summed E-state index contributed by atoms with van der Waals surface area (Å²) in [7, 11) is 1.80. The molecule has 0 aromatic rings. The summed E-state index contributed by atoms with van der Waals surface area (Å²) in [6.45, 7) is 0.742. The van der Waals surface area contributed by atoms with E-state index in [1.807, 2.05) is 0 Å². The van der Waals surface area contributed by atoms with Crippen molar-refractivity contribution in [2.45, 2.75) is 12.5 Å². The van der Waals surface area contributed by atoms with Gasteiger partial charge in [0.25, 0.3) is 0 Å². The summed E-state index contributed by atoms with van der Waals surface area (Å²) in [5, 5.41) is 1.70. The van der Waals surface area contributed by atoms with Crippen LogP contribution in [0.4, 0.5) is 0 Å². The Morgan fingerprint density at radius 1 is 1.89 bits per heavy atom. The fraction of sp³-hybridized carbons (Fsp3) is 0.800. The van der Waals surface area contributed by atoms with Crippen LogP contribution in [0.25, 0.3) is 0 Å². The Balaban J connectivity index is 2.43. The number of rotatable bonds is 0. The van der Waals surface area contributed by atoms with Crippen molar-refractivity contribution in [2.24, 2.45) is 5.73 Å². The van der Waals surface area contributed by atoms with Crippen molar-refractivity contribution in [2.75, 3.05) is 13.6 Å². The van der Waals surface area contributed by atoms with E-state index in [1.165, 1.54) is 0 Å². The number of hydrazine groups is 1. The molecule has 52 valence electrons. The second kappa shape index (κ2) is 2.33. The first-order chi connectivity index (χ1) is 4.18. The average molecular weight is 129 g/mol. The van der Waals surface area contributed by atoms with E-state index in [2.05, 4.69) is 5.43 Å². The van der Waals surface area contributed by atoms with E-state index in [-0.39, 0.29) is 11.9 Å². The van der Waals surface area contributed by atoms with Crippen LogP contribution in [-0.4, -0.2) is 30.6 Å². The van der Waals surface area contributed by atoms with Crippen LogP contribution in [0, 0.1) is 0 Å². The molecule has 1 atom stereocenters. The molecule has 0 saturated carbocycles. The Morgan fingerprint density at radius 2 is 2.56 bits per heavy atom. The smallest absolute Gasteiger partial charge is 0.235 e. The van der Waals surface area contributed by atoms with Crippen LogP contribution in [0.15, 0.2) is 0 Å². The van der Waals surface area contributed by atoms with Gasteiger partial charge in [0, 0.05) is 26.1 Å². The molecule has 1 rings (SSSR count). The van der Waals surface area contributed by atoms with Crippen LogP contribution in [-0.2, 0) is 4.79 Å². The lowest BCUT2D eigenvalue weighted by Gasteiger charge is -2.27. The van der Waals surface area contributed by atoms with E-state index in [1.54, 1.807) is 12.1 Å². The number of hydrogen-bond donors (Lipinski definition) is 2. The third-order valence-corrected chi connectivity index (χ3v) is 1.27. The standard InChI is InChI=1S/C5H11N3O/c1-8-3-4(6)2-5(9)7-8/h4H,2-3,6H2,1H3,(H,7,9). The molecule has 0 radical (unpaired) electrons. The number of amides is 1. The number of likely N-dealkylation sites (N-methyl/N-ethyl adjacent to an activating group) is 1. The highest BCUT2D eigenvalue weighted by atomic mass is 16.2. The van der Waals surface area contributed by atoms with Crippen LogP contribution in [0.5, 0.6) is 0 Å². The average Bonchev–Trinajstić information content (AvgIpc) is 1.59. The number of carbonyl (C=O) groups excluding carboxylic acids is 1. The molecular formula is C5H11N3O. The van der Waals surface area contributed by atoms with Crippen molar-refractivity contribution >= 4 is 5.91 Å². The lowest BCUT2D eigenvalue weighted by atomic mass is 10.2. The SMILES string of the molecule is CN1CC(N)CC(=O)N1.